The highest BCUT2D eigenvalue weighted by Crippen LogP contribution is 2.50. The van der Waals surface area contributed by atoms with E-state index in [1.54, 1.807) is 62.4 Å². The number of carboxylic acid groups (broad SMARTS) is 1. The molecule has 0 radical (unpaired) electrons. The predicted octanol–water partition coefficient (Wildman–Crippen LogP) is 2.20. The molecule has 3 N–H and O–H groups in total. The highest BCUT2D eigenvalue weighted by Gasteiger charge is 2.64. The number of hydrogen-bond acceptors (Lipinski definition) is 7. The molecule has 38 heavy (non-hydrogen) atoms. The molecule has 1 aromatic heterocycles. The Hall–Kier alpha value is -4.12. The van der Waals surface area contributed by atoms with Crippen molar-refractivity contribution in [1.82, 2.24) is 15.5 Å². The fraction of sp³-hybridized carbons (Fsp3) is 0.296. The number of rotatable bonds is 6. The van der Waals surface area contributed by atoms with E-state index in [9.17, 15) is 29.1 Å². The van der Waals surface area contributed by atoms with Crippen molar-refractivity contribution in [3.8, 4) is 0 Å². The van der Waals surface area contributed by atoms with E-state index in [4.69, 9.17) is 4.42 Å². The van der Waals surface area contributed by atoms with Crippen LogP contribution in [0.5, 0.6) is 0 Å². The number of carbonyl (C=O) groups excluding carboxylic acids is 3. The van der Waals surface area contributed by atoms with Crippen molar-refractivity contribution in [1.29, 1.82) is 0 Å². The van der Waals surface area contributed by atoms with E-state index in [1.807, 2.05) is 6.92 Å². The summed E-state index contributed by atoms with van der Waals surface area (Å²) in [5.74, 6) is -3.09. The number of nitrogens with zero attached hydrogens (tertiary/aromatic N) is 1. The molecule has 2 saturated heterocycles. The summed E-state index contributed by atoms with van der Waals surface area (Å²) in [5.41, 5.74) is 0.865. The zero-order valence-corrected chi connectivity index (χ0v) is 21.6. The number of aryl methyl sites for hydroxylation is 1. The fourth-order valence-corrected chi connectivity index (χ4v) is 6.55. The van der Waals surface area contributed by atoms with Crippen LogP contribution in [0.25, 0.3) is 11.0 Å². The second-order valence-corrected chi connectivity index (χ2v) is 11.7. The lowest BCUT2D eigenvalue weighted by atomic mass is 9.95. The topological polar surface area (TPSA) is 146 Å². The van der Waals surface area contributed by atoms with Gasteiger partial charge in [0.25, 0.3) is 5.91 Å². The zero-order chi connectivity index (χ0) is 27.4. The molecule has 10 nitrogen and oxygen atoms in total. The molecule has 3 heterocycles. The summed E-state index contributed by atoms with van der Waals surface area (Å²) in [6, 6.07) is 10.2. The normalized spacial score (nSPS) is 22.3. The lowest BCUT2D eigenvalue weighted by Crippen LogP contribution is -2.71. The largest absolute Gasteiger partial charge is 0.480 e. The van der Waals surface area contributed by atoms with Gasteiger partial charge in [-0.25, -0.2) is 4.79 Å². The number of hydrogen-bond donors (Lipinski definition) is 3. The molecular weight excluding hydrogens is 510 g/mol. The molecule has 0 saturated carbocycles. The van der Waals surface area contributed by atoms with Crippen LogP contribution < -0.4 is 16.1 Å². The standard InChI is InChI=1S/C27H25N3O7S/c1-13-9-10-15-17(11-13)37-12-16(20(15)31)22(32)28-18(14-7-5-4-6-8-14)23(33)29-19-24(34)30-21(26(35)36)27(2,3)38-25(19)30/h4-12,18-19,21,25H,1-3H3,(H,28,32)(H,29,33)(H,35,36)/t18?,19-,21+,25-/m1/s1. The van der Waals surface area contributed by atoms with Crippen LogP contribution in [0, 0.1) is 6.92 Å². The SMILES string of the molecule is Cc1ccc2c(=O)c(C(=O)NC(C(=O)N[C@@H]3C(=O)N4[C@@H]3SC(C)(C)[C@@H]4C(=O)O)c3ccccc3)coc2c1. The molecule has 2 aliphatic heterocycles. The Labute approximate surface area is 221 Å². The van der Waals surface area contributed by atoms with Crippen LogP contribution in [0.1, 0.15) is 41.4 Å². The van der Waals surface area contributed by atoms with Crippen molar-refractivity contribution in [2.75, 3.05) is 0 Å². The first kappa shape index (κ1) is 25.5. The summed E-state index contributed by atoms with van der Waals surface area (Å²) >= 11 is 1.30. The van der Waals surface area contributed by atoms with Crippen LogP contribution in [-0.4, -0.2) is 55.9 Å². The summed E-state index contributed by atoms with van der Waals surface area (Å²) in [6.45, 7) is 5.33. The molecule has 11 heteroatoms. The van der Waals surface area contributed by atoms with Gasteiger partial charge in [-0.05, 0) is 44.0 Å². The fourth-order valence-electron chi connectivity index (χ4n) is 4.93. The Balaban J connectivity index is 1.40. The molecule has 5 rings (SSSR count). The van der Waals surface area contributed by atoms with E-state index in [2.05, 4.69) is 10.6 Å². The number of carboxylic acids is 1. The van der Waals surface area contributed by atoms with Gasteiger partial charge >= 0.3 is 5.97 Å². The average molecular weight is 536 g/mol. The molecule has 0 aliphatic carbocycles. The summed E-state index contributed by atoms with van der Waals surface area (Å²) in [5, 5.41) is 14.6. The minimum Gasteiger partial charge on any atom is -0.480 e. The summed E-state index contributed by atoms with van der Waals surface area (Å²) < 4.78 is 4.76. The van der Waals surface area contributed by atoms with Crippen LogP contribution in [0.2, 0.25) is 0 Å². The first-order valence-corrected chi connectivity index (χ1v) is 12.8. The van der Waals surface area contributed by atoms with Gasteiger partial charge in [-0.15, -0.1) is 11.8 Å². The second-order valence-electron chi connectivity index (χ2n) is 9.88. The third-order valence-electron chi connectivity index (χ3n) is 6.82. The van der Waals surface area contributed by atoms with E-state index in [0.29, 0.717) is 11.1 Å². The summed E-state index contributed by atoms with van der Waals surface area (Å²) in [6.07, 6.45) is 1.07. The van der Waals surface area contributed by atoms with Gasteiger partial charge in [0.05, 0.1) is 5.39 Å². The van der Waals surface area contributed by atoms with Gasteiger partial charge < -0.3 is 25.1 Å². The van der Waals surface area contributed by atoms with E-state index >= 15 is 0 Å². The maximum atomic E-state index is 13.4. The van der Waals surface area contributed by atoms with Crippen molar-refractivity contribution < 1.29 is 28.7 Å². The van der Waals surface area contributed by atoms with Gasteiger partial charge in [0.1, 0.15) is 40.9 Å². The summed E-state index contributed by atoms with van der Waals surface area (Å²) in [7, 11) is 0. The second kappa shape index (κ2) is 9.32. The van der Waals surface area contributed by atoms with Gasteiger partial charge in [-0.3, -0.25) is 19.2 Å². The van der Waals surface area contributed by atoms with Gasteiger partial charge in [0.15, 0.2) is 0 Å². The molecule has 1 unspecified atom stereocenters. The highest BCUT2D eigenvalue weighted by atomic mass is 32.2. The minimum atomic E-state index is -1.23. The van der Waals surface area contributed by atoms with Crippen LogP contribution >= 0.6 is 11.8 Å². The van der Waals surface area contributed by atoms with Crippen molar-refractivity contribution in [2.24, 2.45) is 0 Å². The number of benzene rings is 2. The monoisotopic (exact) mass is 535 g/mol. The van der Waals surface area contributed by atoms with Gasteiger partial charge in [-0.1, -0.05) is 36.4 Å². The van der Waals surface area contributed by atoms with Crippen molar-refractivity contribution in [3.63, 3.8) is 0 Å². The number of carbonyl (C=O) groups is 4. The number of nitrogens with one attached hydrogen (secondary N) is 2. The Morgan fingerprint density at radius 2 is 1.82 bits per heavy atom. The lowest BCUT2D eigenvalue weighted by Gasteiger charge is -2.44. The molecule has 196 valence electrons. The third kappa shape index (κ3) is 4.22. The van der Waals surface area contributed by atoms with Crippen molar-refractivity contribution in [3.05, 3.63) is 81.7 Å². The van der Waals surface area contributed by atoms with Crippen LogP contribution in [0.4, 0.5) is 0 Å². The maximum Gasteiger partial charge on any atom is 0.327 e. The lowest BCUT2D eigenvalue weighted by molar-refractivity contribution is -0.161. The summed E-state index contributed by atoms with van der Waals surface area (Å²) in [4.78, 5) is 65.5. The number of β-lactam (4-membered cyclic amide) rings is 1. The number of fused-ring (bicyclic) bond motifs is 2. The molecule has 2 fully saturated rings. The Kier molecular flexibility index (Phi) is 6.26. The Morgan fingerprint density at radius 3 is 2.50 bits per heavy atom. The molecule has 3 amide bonds. The molecule has 0 bridgehead atoms. The first-order chi connectivity index (χ1) is 18.0. The van der Waals surface area contributed by atoms with Crippen molar-refractivity contribution >= 4 is 46.4 Å². The van der Waals surface area contributed by atoms with Gasteiger partial charge in [-0.2, -0.15) is 0 Å². The van der Waals surface area contributed by atoms with Crippen LogP contribution in [-0.2, 0) is 14.4 Å². The van der Waals surface area contributed by atoms with Gasteiger partial charge in [0, 0.05) is 4.75 Å². The molecular formula is C27H25N3O7S. The van der Waals surface area contributed by atoms with Crippen molar-refractivity contribution in [2.45, 2.75) is 49.0 Å². The minimum absolute atomic E-state index is 0.234. The van der Waals surface area contributed by atoms with Gasteiger partial charge in [0.2, 0.25) is 17.2 Å². The van der Waals surface area contributed by atoms with E-state index in [-0.39, 0.29) is 10.9 Å². The third-order valence-corrected chi connectivity index (χ3v) is 8.39. The molecule has 0 spiro atoms. The predicted molar refractivity (Wildman–Crippen MR) is 140 cm³/mol. The molecule has 2 aromatic carbocycles. The van der Waals surface area contributed by atoms with E-state index in [1.165, 1.54) is 16.7 Å². The Morgan fingerprint density at radius 1 is 1.11 bits per heavy atom. The zero-order valence-electron chi connectivity index (χ0n) is 20.8. The molecule has 4 atom stereocenters. The highest BCUT2D eigenvalue weighted by molar-refractivity contribution is 8.01. The molecule has 3 aromatic rings. The maximum absolute atomic E-state index is 13.4. The molecule has 2 aliphatic rings. The van der Waals surface area contributed by atoms with E-state index < -0.39 is 57.4 Å². The van der Waals surface area contributed by atoms with Crippen LogP contribution in [0.3, 0.4) is 0 Å². The van der Waals surface area contributed by atoms with Crippen LogP contribution in [0.15, 0.2) is 64.0 Å². The number of thioether (sulfide) groups is 1. The van der Waals surface area contributed by atoms with E-state index in [0.717, 1.165) is 11.8 Å². The smallest absolute Gasteiger partial charge is 0.327 e. The Bertz CT molecular complexity index is 1530. The number of aliphatic carboxylic acids is 1. The quantitative estimate of drug-likeness (QED) is 0.407. The average Bonchev–Trinajstić information content (AvgIpc) is 3.14. The number of amides is 3. The first-order valence-electron chi connectivity index (χ1n) is 11.9.